The summed E-state index contributed by atoms with van der Waals surface area (Å²) in [7, 11) is 0. The minimum absolute atomic E-state index is 0. The summed E-state index contributed by atoms with van der Waals surface area (Å²) in [6, 6.07) is 1.12. The fourth-order valence-corrected chi connectivity index (χ4v) is 2.06. The normalized spacial score (nSPS) is 16.4. The van der Waals surface area contributed by atoms with Crippen molar-refractivity contribution in [3.8, 4) is 11.5 Å². The molecule has 0 aliphatic heterocycles. The lowest BCUT2D eigenvalue weighted by Crippen LogP contribution is -2.44. The van der Waals surface area contributed by atoms with Crippen molar-refractivity contribution in [3.05, 3.63) is 35.4 Å². The maximum atomic E-state index is 13.6. The predicted molar refractivity (Wildman–Crippen MR) is 66.6 cm³/mol. The van der Waals surface area contributed by atoms with Crippen molar-refractivity contribution < 1.29 is 17.7 Å². The zero-order valence-electron chi connectivity index (χ0n) is 10.2. The summed E-state index contributed by atoms with van der Waals surface area (Å²) in [5, 5.41) is 3.65. The Morgan fingerprint density at radius 3 is 2.25 bits per heavy atom. The fraction of sp³-hybridized carbons (Fsp3) is 0.333. The van der Waals surface area contributed by atoms with E-state index in [-0.39, 0.29) is 24.1 Å². The molecule has 0 saturated heterocycles. The third-order valence-corrected chi connectivity index (χ3v) is 3.34. The third kappa shape index (κ3) is 2.27. The van der Waals surface area contributed by atoms with Crippen LogP contribution in [0.25, 0.3) is 11.5 Å². The van der Waals surface area contributed by atoms with E-state index in [1.54, 1.807) is 0 Å². The van der Waals surface area contributed by atoms with Crippen molar-refractivity contribution in [1.29, 1.82) is 0 Å². The summed E-state index contributed by atoms with van der Waals surface area (Å²) < 4.78 is 44.8. The van der Waals surface area contributed by atoms with Gasteiger partial charge in [-0.3, -0.25) is 0 Å². The van der Waals surface area contributed by atoms with E-state index in [1.165, 1.54) is 0 Å². The van der Waals surface area contributed by atoms with Crippen molar-refractivity contribution in [3.63, 3.8) is 0 Å². The molecule has 1 aliphatic rings. The first-order valence-corrected chi connectivity index (χ1v) is 5.77. The SMILES string of the molecule is Cl.NC1(c2noc(-c3c(F)cc(F)cc3F)n2)CCC1. The van der Waals surface area contributed by atoms with Crippen LogP contribution in [0.3, 0.4) is 0 Å². The number of halogens is 4. The maximum Gasteiger partial charge on any atom is 0.263 e. The van der Waals surface area contributed by atoms with Gasteiger partial charge in [-0.2, -0.15) is 4.98 Å². The van der Waals surface area contributed by atoms with Crippen molar-refractivity contribution >= 4 is 12.4 Å². The van der Waals surface area contributed by atoms with E-state index in [1.807, 2.05) is 0 Å². The van der Waals surface area contributed by atoms with Gasteiger partial charge in [0.1, 0.15) is 23.0 Å². The summed E-state index contributed by atoms with van der Waals surface area (Å²) in [5.74, 6) is -3.30. The van der Waals surface area contributed by atoms with Crippen LogP contribution in [0.2, 0.25) is 0 Å². The first-order valence-electron chi connectivity index (χ1n) is 5.77. The number of nitrogens with zero attached hydrogens (tertiary/aromatic N) is 2. The van der Waals surface area contributed by atoms with Crippen molar-refractivity contribution in [2.75, 3.05) is 0 Å². The zero-order chi connectivity index (χ0) is 13.6. The molecule has 20 heavy (non-hydrogen) atoms. The quantitative estimate of drug-likeness (QED) is 0.926. The molecule has 1 aromatic carbocycles. The Hall–Kier alpha value is -1.60. The van der Waals surface area contributed by atoms with E-state index in [4.69, 9.17) is 10.3 Å². The van der Waals surface area contributed by atoms with Crippen molar-refractivity contribution in [1.82, 2.24) is 10.1 Å². The molecule has 0 unspecified atom stereocenters. The highest BCUT2D eigenvalue weighted by molar-refractivity contribution is 5.85. The van der Waals surface area contributed by atoms with Gasteiger partial charge >= 0.3 is 0 Å². The second-order valence-electron chi connectivity index (χ2n) is 4.68. The summed E-state index contributed by atoms with van der Waals surface area (Å²) in [5.41, 5.74) is 4.76. The first-order chi connectivity index (χ1) is 8.99. The van der Waals surface area contributed by atoms with Crippen molar-refractivity contribution in [2.45, 2.75) is 24.8 Å². The van der Waals surface area contributed by atoms with Crippen LogP contribution in [0.15, 0.2) is 16.7 Å². The summed E-state index contributed by atoms with van der Waals surface area (Å²) >= 11 is 0. The Balaban J connectivity index is 0.00000147. The Morgan fingerprint density at radius 1 is 1.15 bits per heavy atom. The molecule has 1 fully saturated rings. The molecular weight excluding hydrogens is 295 g/mol. The highest BCUT2D eigenvalue weighted by Gasteiger charge is 2.39. The molecule has 0 atom stereocenters. The summed E-state index contributed by atoms with van der Waals surface area (Å²) in [4.78, 5) is 3.92. The third-order valence-electron chi connectivity index (χ3n) is 3.34. The molecule has 2 N–H and O–H groups in total. The lowest BCUT2D eigenvalue weighted by atomic mass is 9.77. The van der Waals surface area contributed by atoms with E-state index < -0.39 is 28.6 Å². The van der Waals surface area contributed by atoms with E-state index in [0.717, 1.165) is 6.42 Å². The average molecular weight is 306 g/mol. The molecule has 8 heteroatoms. The van der Waals surface area contributed by atoms with E-state index in [9.17, 15) is 13.2 Å². The lowest BCUT2D eigenvalue weighted by Gasteiger charge is -2.34. The number of benzene rings is 1. The maximum absolute atomic E-state index is 13.6. The minimum atomic E-state index is -1.09. The van der Waals surface area contributed by atoms with Gasteiger partial charge in [-0.15, -0.1) is 12.4 Å². The highest BCUT2D eigenvalue weighted by atomic mass is 35.5. The molecule has 3 rings (SSSR count). The molecule has 1 saturated carbocycles. The zero-order valence-corrected chi connectivity index (χ0v) is 11.0. The standard InChI is InChI=1S/C12H10F3N3O.ClH/c13-6-4-7(14)9(8(15)5-6)10-17-11(18-19-10)12(16)2-1-3-12;/h4-5H,1-3,16H2;1H. The smallest absolute Gasteiger partial charge is 0.263 e. The van der Waals surface area contributed by atoms with Crippen molar-refractivity contribution in [2.24, 2.45) is 5.73 Å². The Kier molecular flexibility index (Phi) is 3.75. The molecular formula is C12H11ClF3N3O. The van der Waals surface area contributed by atoms with Gasteiger partial charge in [0.2, 0.25) is 0 Å². The van der Waals surface area contributed by atoms with Crippen LogP contribution in [0.5, 0.6) is 0 Å². The predicted octanol–water partition coefficient (Wildman–Crippen LogP) is 2.91. The van der Waals surface area contributed by atoms with Crippen LogP contribution in [-0.2, 0) is 5.54 Å². The second kappa shape index (κ2) is 5.06. The van der Waals surface area contributed by atoms with Crippen LogP contribution in [0.1, 0.15) is 25.1 Å². The van der Waals surface area contributed by atoms with Gasteiger partial charge in [0, 0.05) is 12.1 Å². The molecule has 1 aliphatic carbocycles. The Morgan fingerprint density at radius 2 is 1.75 bits per heavy atom. The second-order valence-corrected chi connectivity index (χ2v) is 4.68. The number of hydrogen-bond acceptors (Lipinski definition) is 4. The van der Waals surface area contributed by atoms with Gasteiger partial charge in [0.25, 0.3) is 5.89 Å². The highest BCUT2D eigenvalue weighted by Crippen LogP contribution is 2.38. The van der Waals surface area contributed by atoms with Gasteiger partial charge in [-0.05, 0) is 19.3 Å². The van der Waals surface area contributed by atoms with E-state index in [0.29, 0.717) is 25.0 Å². The van der Waals surface area contributed by atoms with Crippen LogP contribution < -0.4 is 5.73 Å². The van der Waals surface area contributed by atoms with Crippen LogP contribution in [0.4, 0.5) is 13.2 Å². The Bertz CT molecular complexity index is 620. The largest absolute Gasteiger partial charge is 0.334 e. The summed E-state index contributed by atoms with van der Waals surface area (Å²) in [6.45, 7) is 0. The first kappa shape index (κ1) is 14.8. The van der Waals surface area contributed by atoms with Crippen LogP contribution >= 0.6 is 12.4 Å². The minimum Gasteiger partial charge on any atom is -0.334 e. The number of nitrogens with two attached hydrogens (primary N) is 1. The number of rotatable bonds is 2. The molecule has 0 bridgehead atoms. The Labute approximate surface area is 118 Å². The van der Waals surface area contributed by atoms with Gasteiger partial charge in [-0.25, -0.2) is 13.2 Å². The summed E-state index contributed by atoms with van der Waals surface area (Å²) in [6.07, 6.45) is 2.33. The molecule has 1 heterocycles. The molecule has 4 nitrogen and oxygen atoms in total. The molecule has 0 amide bonds. The average Bonchev–Trinajstić information content (AvgIpc) is 2.74. The number of aromatic nitrogens is 2. The fourth-order valence-electron chi connectivity index (χ4n) is 2.06. The van der Waals surface area contributed by atoms with Gasteiger partial charge < -0.3 is 10.3 Å². The van der Waals surface area contributed by atoms with Gasteiger partial charge in [-0.1, -0.05) is 5.16 Å². The van der Waals surface area contributed by atoms with E-state index in [2.05, 4.69) is 10.1 Å². The number of hydrogen-bond donors (Lipinski definition) is 1. The monoisotopic (exact) mass is 305 g/mol. The molecule has 1 aromatic heterocycles. The van der Waals surface area contributed by atoms with Crippen LogP contribution in [-0.4, -0.2) is 10.1 Å². The lowest BCUT2D eigenvalue weighted by molar-refractivity contribution is 0.229. The molecule has 108 valence electrons. The van der Waals surface area contributed by atoms with Gasteiger partial charge in [0.15, 0.2) is 5.82 Å². The molecule has 2 aromatic rings. The molecule has 0 radical (unpaired) electrons. The van der Waals surface area contributed by atoms with E-state index >= 15 is 0 Å². The van der Waals surface area contributed by atoms with Crippen LogP contribution in [0, 0.1) is 17.5 Å². The van der Waals surface area contributed by atoms with Gasteiger partial charge in [0.05, 0.1) is 5.54 Å². The molecule has 0 spiro atoms. The topological polar surface area (TPSA) is 64.9 Å².